The van der Waals surface area contributed by atoms with Gasteiger partial charge in [0.1, 0.15) is 11.0 Å². The van der Waals surface area contributed by atoms with Crippen molar-refractivity contribution in [2.45, 2.75) is 19.9 Å². The number of carbonyl (C=O) groups is 2. The Balaban J connectivity index is 1.64. The second-order valence-corrected chi connectivity index (χ2v) is 7.77. The van der Waals surface area contributed by atoms with Gasteiger partial charge in [-0.05, 0) is 26.0 Å². The number of nitrogens with zero attached hydrogens (tertiary/aromatic N) is 3. The molecule has 0 saturated carbocycles. The van der Waals surface area contributed by atoms with E-state index in [2.05, 4.69) is 20.8 Å². The van der Waals surface area contributed by atoms with Crippen molar-refractivity contribution in [3.8, 4) is 10.6 Å². The Kier molecular flexibility index (Phi) is 6.38. The lowest BCUT2D eigenvalue weighted by Gasteiger charge is -2.13. The van der Waals surface area contributed by atoms with Gasteiger partial charge in [0.05, 0.1) is 15.5 Å². The molecule has 0 aliphatic rings. The predicted octanol–water partition coefficient (Wildman–Crippen LogP) is 3.83. The second-order valence-electron chi connectivity index (χ2n) is 6.39. The number of amides is 2. The van der Waals surface area contributed by atoms with E-state index in [1.165, 1.54) is 30.4 Å². The number of aryl methyl sites for hydroxylation is 1. The van der Waals surface area contributed by atoms with Crippen LogP contribution in [0.1, 0.15) is 22.8 Å². The van der Waals surface area contributed by atoms with E-state index in [0.29, 0.717) is 10.1 Å². The smallest absolute Gasteiger partial charge is 0.270 e. The zero-order valence-corrected chi connectivity index (χ0v) is 17.5. The van der Waals surface area contributed by atoms with Crippen LogP contribution in [0.25, 0.3) is 10.6 Å². The number of aromatic nitrogens is 2. The van der Waals surface area contributed by atoms with Crippen LogP contribution in [0, 0.1) is 17.0 Å². The third-order valence-corrected chi connectivity index (χ3v) is 5.27. The molecule has 154 valence electrons. The normalized spacial score (nSPS) is 11.6. The number of non-ortho nitro benzene ring substituents is 1. The first kappa shape index (κ1) is 21.3. The van der Waals surface area contributed by atoms with Gasteiger partial charge in [-0.3, -0.25) is 25.0 Å². The first-order valence-corrected chi connectivity index (χ1v) is 9.90. The molecule has 0 aliphatic carbocycles. The molecule has 1 aromatic heterocycles. The summed E-state index contributed by atoms with van der Waals surface area (Å²) in [6.07, 6.45) is 0. The average molecular weight is 446 g/mol. The molecule has 1 atom stereocenters. The van der Waals surface area contributed by atoms with Crippen LogP contribution in [-0.4, -0.2) is 33.0 Å². The summed E-state index contributed by atoms with van der Waals surface area (Å²) in [5.74, 6) is -1.12. The number of hydrogen-bond donors (Lipinski definition) is 2. The molecule has 2 aromatic carbocycles. The van der Waals surface area contributed by atoms with Gasteiger partial charge in [-0.2, -0.15) is 0 Å². The van der Waals surface area contributed by atoms with Crippen molar-refractivity contribution in [1.29, 1.82) is 0 Å². The number of carbonyl (C=O) groups excluding carboxylic acids is 2. The van der Waals surface area contributed by atoms with E-state index in [1.807, 2.05) is 31.2 Å². The molecular formula is C19H16ClN5O4S. The Hall–Kier alpha value is -3.37. The summed E-state index contributed by atoms with van der Waals surface area (Å²) in [4.78, 5) is 34.9. The van der Waals surface area contributed by atoms with E-state index in [0.717, 1.165) is 17.2 Å². The van der Waals surface area contributed by atoms with Crippen molar-refractivity contribution in [3.05, 3.63) is 68.7 Å². The fourth-order valence-corrected chi connectivity index (χ4v) is 3.53. The fourth-order valence-electron chi connectivity index (χ4n) is 2.52. The highest BCUT2D eigenvalue weighted by Gasteiger charge is 2.21. The summed E-state index contributed by atoms with van der Waals surface area (Å²) < 4.78 is 0. The van der Waals surface area contributed by atoms with Gasteiger partial charge in [-0.1, -0.05) is 46.7 Å². The van der Waals surface area contributed by atoms with Gasteiger partial charge in [-0.25, -0.2) is 0 Å². The minimum absolute atomic E-state index is 0.0274. The highest BCUT2D eigenvalue weighted by atomic mass is 35.5. The van der Waals surface area contributed by atoms with Crippen LogP contribution in [0.5, 0.6) is 0 Å². The monoisotopic (exact) mass is 445 g/mol. The molecule has 30 heavy (non-hydrogen) atoms. The first-order valence-electron chi connectivity index (χ1n) is 8.71. The van der Waals surface area contributed by atoms with Crippen molar-refractivity contribution in [2.75, 3.05) is 5.32 Å². The minimum Gasteiger partial charge on any atom is -0.340 e. The molecule has 0 spiro atoms. The summed E-state index contributed by atoms with van der Waals surface area (Å²) >= 11 is 7.16. The van der Waals surface area contributed by atoms with Crippen molar-refractivity contribution in [2.24, 2.45) is 0 Å². The van der Waals surface area contributed by atoms with E-state index in [-0.39, 0.29) is 16.3 Å². The molecule has 0 fully saturated rings. The van der Waals surface area contributed by atoms with E-state index in [9.17, 15) is 19.7 Å². The predicted molar refractivity (Wildman–Crippen MR) is 114 cm³/mol. The molecule has 2 amide bonds. The molecule has 3 rings (SSSR count). The lowest BCUT2D eigenvalue weighted by Crippen LogP contribution is -2.41. The van der Waals surface area contributed by atoms with Crippen LogP contribution >= 0.6 is 22.9 Å². The van der Waals surface area contributed by atoms with Gasteiger partial charge in [-0.15, -0.1) is 10.2 Å². The SMILES string of the molecule is Cc1cccc(-c2nnc(NC(=O)C(C)NC(=O)c3ccc([N+](=O)[O-])cc3Cl)s2)c1. The molecule has 1 unspecified atom stereocenters. The van der Waals surface area contributed by atoms with Gasteiger partial charge < -0.3 is 5.32 Å². The van der Waals surface area contributed by atoms with Crippen LogP contribution < -0.4 is 10.6 Å². The molecule has 3 aromatic rings. The van der Waals surface area contributed by atoms with Crippen LogP contribution in [0.3, 0.4) is 0 Å². The van der Waals surface area contributed by atoms with Crippen LogP contribution in [0.4, 0.5) is 10.8 Å². The third-order valence-electron chi connectivity index (χ3n) is 4.07. The first-order chi connectivity index (χ1) is 14.2. The van der Waals surface area contributed by atoms with Gasteiger partial charge >= 0.3 is 0 Å². The Labute approximate surface area is 180 Å². The average Bonchev–Trinajstić information content (AvgIpc) is 3.16. The molecular weight excluding hydrogens is 430 g/mol. The van der Waals surface area contributed by atoms with Gasteiger partial charge in [0.2, 0.25) is 11.0 Å². The van der Waals surface area contributed by atoms with Crippen molar-refractivity contribution >= 4 is 45.6 Å². The maximum absolute atomic E-state index is 12.4. The number of nitro groups is 1. The topological polar surface area (TPSA) is 127 Å². The largest absolute Gasteiger partial charge is 0.340 e. The minimum atomic E-state index is -0.907. The quantitative estimate of drug-likeness (QED) is 0.438. The summed E-state index contributed by atoms with van der Waals surface area (Å²) in [6.45, 7) is 3.46. The maximum Gasteiger partial charge on any atom is 0.270 e. The molecule has 0 radical (unpaired) electrons. The van der Waals surface area contributed by atoms with Crippen LogP contribution in [0.15, 0.2) is 42.5 Å². The lowest BCUT2D eigenvalue weighted by atomic mass is 10.1. The van der Waals surface area contributed by atoms with E-state index in [1.54, 1.807) is 0 Å². The molecule has 0 saturated heterocycles. The Bertz CT molecular complexity index is 1130. The van der Waals surface area contributed by atoms with E-state index in [4.69, 9.17) is 11.6 Å². The molecule has 0 bridgehead atoms. The lowest BCUT2D eigenvalue weighted by molar-refractivity contribution is -0.384. The molecule has 11 heteroatoms. The van der Waals surface area contributed by atoms with Gasteiger partial charge in [0.15, 0.2) is 0 Å². The zero-order chi connectivity index (χ0) is 21.8. The van der Waals surface area contributed by atoms with Crippen molar-refractivity contribution in [1.82, 2.24) is 15.5 Å². The molecule has 1 heterocycles. The van der Waals surface area contributed by atoms with Gasteiger partial charge in [0.25, 0.3) is 11.6 Å². The highest BCUT2D eigenvalue weighted by molar-refractivity contribution is 7.18. The third kappa shape index (κ3) is 4.97. The molecule has 9 nitrogen and oxygen atoms in total. The van der Waals surface area contributed by atoms with Gasteiger partial charge in [0, 0.05) is 17.7 Å². The number of halogens is 1. The Morgan fingerprint density at radius 1 is 1.20 bits per heavy atom. The Morgan fingerprint density at radius 2 is 1.97 bits per heavy atom. The zero-order valence-electron chi connectivity index (χ0n) is 15.9. The molecule has 0 aliphatic heterocycles. The van der Waals surface area contributed by atoms with Crippen molar-refractivity contribution in [3.63, 3.8) is 0 Å². The number of nitro benzene ring substituents is 1. The second kappa shape index (κ2) is 8.97. The fraction of sp³-hybridized carbons (Fsp3) is 0.158. The van der Waals surface area contributed by atoms with Crippen LogP contribution in [-0.2, 0) is 4.79 Å². The van der Waals surface area contributed by atoms with E-state index < -0.39 is 22.8 Å². The summed E-state index contributed by atoms with van der Waals surface area (Å²) in [5, 5.41) is 24.8. The maximum atomic E-state index is 12.4. The summed E-state index contributed by atoms with van der Waals surface area (Å²) in [6, 6.07) is 10.3. The standard InChI is InChI=1S/C19H16ClN5O4S/c1-10-4-3-5-12(8-10)18-23-24-19(30-18)22-16(26)11(2)21-17(27)14-7-6-13(25(28)29)9-15(14)20/h3-9,11H,1-2H3,(H,21,27)(H,22,24,26). The number of benzene rings is 2. The number of nitrogens with one attached hydrogen (secondary N) is 2. The summed E-state index contributed by atoms with van der Waals surface area (Å²) in [5.41, 5.74) is 1.76. The number of hydrogen-bond acceptors (Lipinski definition) is 7. The highest BCUT2D eigenvalue weighted by Crippen LogP contribution is 2.27. The van der Waals surface area contributed by atoms with E-state index >= 15 is 0 Å². The van der Waals surface area contributed by atoms with Crippen LogP contribution in [0.2, 0.25) is 5.02 Å². The Morgan fingerprint density at radius 3 is 2.63 bits per heavy atom. The molecule has 2 N–H and O–H groups in total. The number of rotatable bonds is 6. The van der Waals surface area contributed by atoms with Crippen molar-refractivity contribution < 1.29 is 14.5 Å². The number of anilines is 1. The summed E-state index contributed by atoms with van der Waals surface area (Å²) in [7, 11) is 0.